The number of nitrogens with zero attached hydrogens (tertiary/aromatic N) is 3. The van der Waals surface area contributed by atoms with Gasteiger partial charge in [-0.15, -0.1) is 0 Å². The van der Waals surface area contributed by atoms with Crippen molar-refractivity contribution in [2.75, 3.05) is 17.2 Å². The van der Waals surface area contributed by atoms with Crippen LogP contribution in [0.15, 0.2) is 36.7 Å². The predicted molar refractivity (Wildman–Crippen MR) is 81.2 cm³/mol. The lowest BCUT2D eigenvalue weighted by molar-refractivity contribution is -0.385. The maximum Gasteiger partial charge on any atom is 0.305 e. The quantitative estimate of drug-likeness (QED) is 0.601. The third kappa shape index (κ3) is 4.41. The van der Waals surface area contributed by atoms with Crippen molar-refractivity contribution in [2.45, 2.75) is 19.9 Å². The van der Waals surface area contributed by atoms with Crippen LogP contribution in [0, 0.1) is 10.1 Å². The van der Waals surface area contributed by atoms with Crippen LogP contribution in [0.25, 0.3) is 0 Å². The van der Waals surface area contributed by atoms with Crippen LogP contribution in [0.1, 0.15) is 18.9 Å². The Morgan fingerprint density at radius 3 is 2.38 bits per heavy atom. The standard InChI is InChI=1S/C14H17N5O2/c1-2-7-15-12-5-3-11(4-6-12)8-16-14-17-9-13(10-18-14)19(20)21/h3-6,9-10,15H,2,7-8H2,1H3,(H,16,17,18). The molecule has 0 unspecified atom stereocenters. The van der Waals surface area contributed by atoms with Gasteiger partial charge in [-0.1, -0.05) is 19.1 Å². The zero-order chi connectivity index (χ0) is 15.1. The number of aromatic nitrogens is 2. The lowest BCUT2D eigenvalue weighted by Gasteiger charge is -2.07. The summed E-state index contributed by atoms with van der Waals surface area (Å²) in [5, 5.41) is 16.8. The van der Waals surface area contributed by atoms with Crippen molar-refractivity contribution in [2.24, 2.45) is 0 Å². The van der Waals surface area contributed by atoms with Gasteiger partial charge in [-0.05, 0) is 24.1 Å². The van der Waals surface area contributed by atoms with E-state index in [4.69, 9.17) is 0 Å². The second-order valence-electron chi connectivity index (χ2n) is 4.50. The van der Waals surface area contributed by atoms with Gasteiger partial charge in [-0.3, -0.25) is 10.1 Å². The zero-order valence-corrected chi connectivity index (χ0v) is 11.7. The molecule has 0 fully saturated rings. The highest BCUT2D eigenvalue weighted by Crippen LogP contribution is 2.12. The smallest absolute Gasteiger partial charge is 0.305 e. The monoisotopic (exact) mass is 287 g/mol. The Balaban J connectivity index is 1.88. The lowest BCUT2D eigenvalue weighted by Crippen LogP contribution is -2.04. The summed E-state index contributed by atoms with van der Waals surface area (Å²) in [4.78, 5) is 17.8. The summed E-state index contributed by atoms with van der Waals surface area (Å²) >= 11 is 0. The summed E-state index contributed by atoms with van der Waals surface area (Å²) in [6.45, 7) is 3.63. The van der Waals surface area contributed by atoms with E-state index in [1.54, 1.807) is 0 Å². The van der Waals surface area contributed by atoms with Crippen molar-refractivity contribution < 1.29 is 4.92 Å². The van der Waals surface area contributed by atoms with E-state index < -0.39 is 4.92 Å². The van der Waals surface area contributed by atoms with Crippen molar-refractivity contribution >= 4 is 17.3 Å². The summed E-state index contributed by atoms with van der Waals surface area (Å²) in [6.07, 6.45) is 3.46. The molecule has 0 spiro atoms. The average Bonchev–Trinajstić information content (AvgIpc) is 2.52. The molecule has 0 aliphatic rings. The Kier molecular flexibility index (Phi) is 5.03. The normalized spacial score (nSPS) is 10.1. The zero-order valence-electron chi connectivity index (χ0n) is 11.7. The van der Waals surface area contributed by atoms with E-state index in [-0.39, 0.29) is 5.69 Å². The summed E-state index contributed by atoms with van der Waals surface area (Å²) in [7, 11) is 0. The molecule has 21 heavy (non-hydrogen) atoms. The maximum absolute atomic E-state index is 10.5. The third-order valence-electron chi connectivity index (χ3n) is 2.83. The number of nitro groups is 1. The van der Waals surface area contributed by atoms with Crippen LogP contribution in [0.4, 0.5) is 17.3 Å². The van der Waals surface area contributed by atoms with Crippen molar-refractivity contribution in [3.8, 4) is 0 Å². The van der Waals surface area contributed by atoms with Crippen molar-refractivity contribution in [3.63, 3.8) is 0 Å². The fraction of sp³-hybridized carbons (Fsp3) is 0.286. The predicted octanol–water partition coefficient (Wildman–Crippen LogP) is 2.82. The summed E-state index contributed by atoms with van der Waals surface area (Å²) < 4.78 is 0. The van der Waals surface area contributed by atoms with Crippen molar-refractivity contribution in [1.29, 1.82) is 0 Å². The van der Waals surface area contributed by atoms with Gasteiger partial charge in [0.2, 0.25) is 5.95 Å². The topological polar surface area (TPSA) is 93.0 Å². The molecule has 1 heterocycles. The fourth-order valence-corrected chi connectivity index (χ4v) is 1.70. The first-order valence-electron chi connectivity index (χ1n) is 6.72. The molecule has 7 heteroatoms. The van der Waals surface area contributed by atoms with Gasteiger partial charge < -0.3 is 10.6 Å². The highest BCUT2D eigenvalue weighted by molar-refractivity contribution is 5.45. The summed E-state index contributed by atoms with van der Waals surface area (Å²) in [6, 6.07) is 8.06. The highest BCUT2D eigenvalue weighted by atomic mass is 16.6. The maximum atomic E-state index is 10.5. The Hall–Kier alpha value is -2.70. The number of benzene rings is 1. The van der Waals surface area contributed by atoms with Gasteiger partial charge in [0.15, 0.2) is 0 Å². The fourth-order valence-electron chi connectivity index (χ4n) is 1.70. The molecule has 1 aromatic heterocycles. The Morgan fingerprint density at radius 1 is 1.14 bits per heavy atom. The third-order valence-corrected chi connectivity index (χ3v) is 2.83. The van der Waals surface area contributed by atoms with Gasteiger partial charge in [-0.2, -0.15) is 0 Å². The molecule has 0 saturated heterocycles. The average molecular weight is 287 g/mol. The van der Waals surface area contributed by atoms with Crippen LogP contribution in [0.2, 0.25) is 0 Å². The van der Waals surface area contributed by atoms with E-state index in [1.165, 1.54) is 12.4 Å². The molecule has 2 N–H and O–H groups in total. The molecular weight excluding hydrogens is 270 g/mol. The van der Waals surface area contributed by atoms with Crippen LogP contribution >= 0.6 is 0 Å². The second kappa shape index (κ2) is 7.18. The molecular formula is C14H17N5O2. The van der Waals surface area contributed by atoms with Crippen LogP contribution in [0.3, 0.4) is 0 Å². The van der Waals surface area contributed by atoms with Gasteiger partial charge in [0.1, 0.15) is 12.4 Å². The molecule has 0 aliphatic heterocycles. The van der Waals surface area contributed by atoms with E-state index in [1.807, 2.05) is 24.3 Å². The highest BCUT2D eigenvalue weighted by Gasteiger charge is 2.06. The molecule has 0 aliphatic carbocycles. The largest absolute Gasteiger partial charge is 0.385 e. The number of hydrogen-bond acceptors (Lipinski definition) is 6. The summed E-state index contributed by atoms with van der Waals surface area (Å²) in [5.74, 6) is 0.369. The number of nitrogens with one attached hydrogen (secondary N) is 2. The molecule has 7 nitrogen and oxygen atoms in total. The Labute approximate surface area is 122 Å². The minimum atomic E-state index is -0.522. The molecule has 0 atom stereocenters. The van der Waals surface area contributed by atoms with Crippen molar-refractivity contribution in [3.05, 3.63) is 52.3 Å². The van der Waals surface area contributed by atoms with Crippen LogP contribution < -0.4 is 10.6 Å². The number of anilines is 2. The first-order chi connectivity index (χ1) is 10.2. The van der Waals surface area contributed by atoms with Gasteiger partial charge >= 0.3 is 5.69 Å². The minimum absolute atomic E-state index is 0.119. The van der Waals surface area contributed by atoms with Gasteiger partial charge in [0, 0.05) is 18.8 Å². The SMILES string of the molecule is CCCNc1ccc(CNc2ncc([N+](=O)[O-])cn2)cc1. The molecule has 0 saturated carbocycles. The molecule has 0 bridgehead atoms. The molecule has 0 amide bonds. The van der Waals surface area contributed by atoms with Crippen LogP contribution in [-0.4, -0.2) is 21.4 Å². The lowest BCUT2D eigenvalue weighted by atomic mass is 10.2. The molecule has 2 aromatic rings. The van der Waals surface area contributed by atoms with E-state index in [2.05, 4.69) is 27.5 Å². The molecule has 1 aromatic carbocycles. The van der Waals surface area contributed by atoms with Gasteiger partial charge in [0.25, 0.3) is 0 Å². The second-order valence-corrected chi connectivity index (χ2v) is 4.50. The minimum Gasteiger partial charge on any atom is -0.385 e. The molecule has 110 valence electrons. The Bertz CT molecular complexity index is 583. The van der Waals surface area contributed by atoms with Crippen LogP contribution in [0.5, 0.6) is 0 Å². The molecule has 0 radical (unpaired) electrons. The number of hydrogen-bond donors (Lipinski definition) is 2. The number of rotatable bonds is 7. The Morgan fingerprint density at radius 2 is 1.81 bits per heavy atom. The van der Waals surface area contributed by atoms with E-state index in [0.717, 1.165) is 24.2 Å². The van der Waals surface area contributed by atoms with Gasteiger partial charge in [-0.25, -0.2) is 9.97 Å². The van der Waals surface area contributed by atoms with E-state index >= 15 is 0 Å². The molecule has 2 rings (SSSR count). The van der Waals surface area contributed by atoms with E-state index in [9.17, 15) is 10.1 Å². The first kappa shape index (κ1) is 14.7. The van der Waals surface area contributed by atoms with Crippen molar-refractivity contribution in [1.82, 2.24) is 9.97 Å². The van der Waals surface area contributed by atoms with E-state index in [0.29, 0.717) is 12.5 Å². The summed E-state index contributed by atoms with van der Waals surface area (Å²) in [5.41, 5.74) is 2.05. The first-order valence-corrected chi connectivity index (χ1v) is 6.72. The van der Waals surface area contributed by atoms with Crippen LogP contribution in [-0.2, 0) is 6.54 Å². The van der Waals surface area contributed by atoms with Gasteiger partial charge in [0.05, 0.1) is 4.92 Å².